The van der Waals surface area contributed by atoms with Gasteiger partial charge in [-0.3, -0.25) is 9.59 Å². The minimum absolute atomic E-state index is 0.0248. The summed E-state index contributed by atoms with van der Waals surface area (Å²) in [7, 11) is 1.88. The zero-order valence-corrected chi connectivity index (χ0v) is 24.2. The number of carbonyl (C=O) groups excluding carboxylic acids is 2. The molecule has 0 saturated carbocycles. The predicted molar refractivity (Wildman–Crippen MR) is 154 cm³/mol. The van der Waals surface area contributed by atoms with E-state index >= 15 is 0 Å². The molecule has 1 aromatic heterocycles. The summed E-state index contributed by atoms with van der Waals surface area (Å²) in [5.74, 6) is 0.876. The minimum Gasteiger partial charge on any atom is -0.356 e. The van der Waals surface area contributed by atoms with Gasteiger partial charge in [0.1, 0.15) is 17.5 Å². The van der Waals surface area contributed by atoms with Crippen LogP contribution in [-0.4, -0.2) is 64.3 Å². The maximum absolute atomic E-state index is 13.9. The number of anilines is 1. The van der Waals surface area contributed by atoms with Crippen LogP contribution in [0.5, 0.6) is 0 Å². The van der Waals surface area contributed by atoms with Crippen LogP contribution in [0.25, 0.3) is 0 Å². The molecule has 0 N–H and O–H groups in total. The number of nitrogens with zero attached hydrogens (tertiary/aromatic N) is 5. The highest BCUT2D eigenvalue weighted by Crippen LogP contribution is 2.38. The summed E-state index contributed by atoms with van der Waals surface area (Å²) in [6, 6.07) is 11.6. The lowest BCUT2D eigenvalue weighted by Gasteiger charge is -2.37. The average molecular weight is 564 g/mol. The molecule has 0 unspecified atom stereocenters. The second-order valence-electron chi connectivity index (χ2n) is 10.7. The van der Waals surface area contributed by atoms with Crippen LogP contribution in [0.2, 0.25) is 5.02 Å². The molecular weight excluding hydrogens is 529 g/mol. The van der Waals surface area contributed by atoms with Gasteiger partial charge in [-0.15, -0.1) is 0 Å². The van der Waals surface area contributed by atoms with E-state index in [1.54, 1.807) is 4.90 Å². The summed E-state index contributed by atoms with van der Waals surface area (Å²) in [6.07, 6.45) is 3.26. The zero-order chi connectivity index (χ0) is 28.6. The maximum atomic E-state index is 13.9. The van der Waals surface area contributed by atoms with Crippen molar-refractivity contribution in [1.82, 2.24) is 19.8 Å². The van der Waals surface area contributed by atoms with E-state index in [1.807, 2.05) is 57.0 Å². The second-order valence-corrected chi connectivity index (χ2v) is 11.1. The predicted octanol–water partition coefficient (Wildman–Crippen LogP) is 5.78. The van der Waals surface area contributed by atoms with E-state index in [0.29, 0.717) is 12.1 Å². The van der Waals surface area contributed by atoms with Crippen molar-refractivity contribution in [2.24, 2.45) is 0 Å². The third-order valence-electron chi connectivity index (χ3n) is 8.18. The molecule has 2 aromatic carbocycles. The van der Waals surface area contributed by atoms with Gasteiger partial charge in [-0.25, -0.2) is 14.4 Å². The van der Waals surface area contributed by atoms with Crippen LogP contribution in [0.15, 0.2) is 42.5 Å². The minimum atomic E-state index is -0.500. The molecule has 0 spiro atoms. The van der Waals surface area contributed by atoms with Crippen LogP contribution in [-0.2, 0) is 6.42 Å². The van der Waals surface area contributed by atoms with E-state index in [0.717, 1.165) is 67.2 Å². The van der Waals surface area contributed by atoms with Gasteiger partial charge in [-0.05, 0) is 87.9 Å². The van der Waals surface area contributed by atoms with Crippen LogP contribution in [0.4, 0.5) is 10.2 Å². The number of rotatable bonds is 6. The molecule has 1 aliphatic carbocycles. The Kier molecular flexibility index (Phi) is 8.08. The molecule has 9 heteroatoms. The standard InChI is InChI=1S/C31H35ClFN5O2/c1-5-38(31(40)26-18-23(33)9-10-27(26)32)28-11-8-21-6-7-22(17-25(21)28)30(39)36(4)24-12-14-37(15-13-24)29-16-19(2)34-20(3)35-29/h6-7,9-10,16-18,24,28H,5,8,11-15H2,1-4H3/t28-/m1/s1. The quantitative estimate of drug-likeness (QED) is 0.380. The van der Waals surface area contributed by atoms with Gasteiger partial charge in [0.2, 0.25) is 0 Å². The van der Waals surface area contributed by atoms with Crippen LogP contribution in [0, 0.1) is 19.7 Å². The van der Waals surface area contributed by atoms with Gasteiger partial charge in [-0.1, -0.05) is 17.7 Å². The highest BCUT2D eigenvalue weighted by atomic mass is 35.5. The highest BCUT2D eigenvalue weighted by molar-refractivity contribution is 6.33. The van der Waals surface area contributed by atoms with Crippen molar-refractivity contribution in [2.45, 2.75) is 58.5 Å². The molecule has 2 amide bonds. The Morgan fingerprint density at radius 3 is 2.48 bits per heavy atom. The first-order chi connectivity index (χ1) is 19.2. The van der Waals surface area contributed by atoms with Crippen LogP contribution >= 0.6 is 11.6 Å². The largest absolute Gasteiger partial charge is 0.356 e. The van der Waals surface area contributed by atoms with Gasteiger partial charge in [0, 0.05) is 50.0 Å². The summed E-state index contributed by atoms with van der Waals surface area (Å²) < 4.78 is 13.9. The SMILES string of the molecule is CCN(C(=O)c1cc(F)ccc1Cl)[C@@H]1CCc2ccc(C(=O)N(C)C3CCN(c4cc(C)nc(C)n4)CC3)cc21. The summed E-state index contributed by atoms with van der Waals surface area (Å²) in [5.41, 5.74) is 3.83. The van der Waals surface area contributed by atoms with E-state index < -0.39 is 5.82 Å². The van der Waals surface area contributed by atoms with Crippen LogP contribution < -0.4 is 4.90 Å². The lowest BCUT2D eigenvalue weighted by Crippen LogP contribution is -2.46. The summed E-state index contributed by atoms with van der Waals surface area (Å²) in [4.78, 5) is 41.9. The second kappa shape index (κ2) is 11.5. The fourth-order valence-corrected chi connectivity index (χ4v) is 6.27. The van der Waals surface area contributed by atoms with Crippen molar-refractivity contribution in [3.8, 4) is 0 Å². The van der Waals surface area contributed by atoms with E-state index in [-0.39, 0.29) is 34.5 Å². The van der Waals surface area contributed by atoms with Crippen molar-refractivity contribution in [3.63, 3.8) is 0 Å². The van der Waals surface area contributed by atoms with E-state index in [9.17, 15) is 14.0 Å². The molecule has 1 saturated heterocycles. The van der Waals surface area contributed by atoms with Gasteiger partial charge in [-0.2, -0.15) is 0 Å². The highest BCUT2D eigenvalue weighted by Gasteiger charge is 2.33. The Bertz CT molecular complexity index is 1420. The Labute approximate surface area is 240 Å². The number of aromatic nitrogens is 2. The Hall–Kier alpha value is -3.52. The normalized spacial score (nSPS) is 17.1. The molecule has 7 nitrogen and oxygen atoms in total. The number of halogens is 2. The van der Waals surface area contributed by atoms with Crippen LogP contribution in [0.1, 0.15) is 75.6 Å². The molecule has 1 aliphatic heterocycles. The fraction of sp³-hybridized carbons (Fsp3) is 0.419. The van der Waals surface area contributed by atoms with Gasteiger partial charge in [0.05, 0.1) is 16.6 Å². The first-order valence-corrected chi connectivity index (χ1v) is 14.3. The molecule has 5 rings (SSSR count). The molecule has 2 heterocycles. The number of piperidine rings is 1. The number of amides is 2. The third-order valence-corrected chi connectivity index (χ3v) is 8.51. The Morgan fingerprint density at radius 2 is 1.77 bits per heavy atom. The molecular formula is C31H35ClFN5O2. The molecule has 0 radical (unpaired) electrons. The number of hydrogen-bond donors (Lipinski definition) is 0. The van der Waals surface area contributed by atoms with Crippen molar-refractivity contribution >= 4 is 29.2 Å². The molecule has 2 aliphatic rings. The first kappa shape index (κ1) is 28.0. The molecule has 1 atom stereocenters. The monoisotopic (exact) mass is 563 g/mol. The molecule has 0 bridgehead atoms. The third kappa shape index (κ3) is 5.55. The first-order valence-electron chi connectivity index (χ1n) is 13.9. The number of aryl methyl sites for hydroxylation is 3. The summed E-state index contributed by atoms with van der Waals surface area (Å²) in [5, 5.41) is 0.227. The molecule has 210 valence electrons. The van der Waals surface area contributed by atoms with Crippen molar-refractivity contribution in [1.29, 1.82) is 0 Å². The number of carbonyl (C=O) groups is 2. The van der Waals surface area contributed by atoms with Crippen molar-refractivity contribution < 1.29 is 14.0 Å². The summed E-state index contributed by atoms with van der Waals surface area (Å²) >= 11 is 6.26. The van der Waals surface area contributed by atoms with Gasteiger partial charge in [0.15, 0.2) is 0 Å². The van der Waals surface area contributed by atoms with Gasteiger partial charge < -0.3 is 14.7 Å². The number of fused-ring (bicyclic) bond motifs is 1. The van der Waals surface area contributed by atoms with E-state index in [2.05, 4.69) is 14.9 Å². The molecule has 3 aromatic rings. The average Bonchev–Trinajstić information content (AvgIpc) is 3.36. The van der Waals surface area contributed by atoms with Crippen molar-refractivity contribution in [2.75, 3.05) is 31.6 Å². The maximum Gasteiger partial charge on any atom is 0.255 e. The van der Waals surface area contributed by atoms with E-state index in [1.165, 1.54) is 18.2 Å². The van der Waals surface area contributed by atoms with Crippen molar-refractivity contribution in [3.05, 3.63) is 87.1 Å². The van der Waals surface area contributed by atoms with Crippen LogP contribution in [0.3, 0.4) is 0 Å². The molecule has 40 heavy (non-hydrogen) atoms. The van der Waals surface area contributed by atoms with Gasteiger partial charge in [0.25, 0.3) is 11.8 Å². The number of hydrogen-bond acceptors (Lipinski definition) is 5. The van der Waals surface area contributed by atoms with E-state index in [4.69, 9.17) is 11.6 Å². The zero-order valence-electron chi connectivity index (χ0n) is 23.5. The fourth-order valence-electron chi connectivity index (χ4n) is 6.07. The topological polar surface area (TPSA) is 69.6 Å². The Balaban J connectivity index is 1.30. The molecule has 1 fully saturated rings. The lowest BCUT2D eigenvalue weighted by atomic mass is 9.99. The lowest BCUT2D eigenvalue weighted by molar-refractivity contribution is 0.0687. The number of benzene rings is 2. The Morgan fingerprint density at radius 1 is 1.02 bits per heavy atom. The van der Waals surface area contributed by atoms with Gasteiger partial charge >= 0.3 is 0 Å². The smallest absolute Gasteiger partial charge is 0.255 e. The summed E-state index contributed by atoms with van der Waals surface area (Å²) in [6.45, 7) is 7.87.